The largest absolute Gasteiger partial charge is 0.313 e. The second-order valence-electron chi connectivity index (χ2n) is 4.24. The summed E-state index contributed by atoms with van der Waals surface area (Å²) in [5.41, 5.74) is 1.66. The van der Waals surface area contributed by atoms with Gasteiger partial charge in [0.25, 0.3) is 0 Å². The Kier molecular flexibility index (Phi) is 3.01. The van der Waals surface area contributed by atoms with Gasteiger partial charge in [-0.15, -0.1) is 0 Å². The van der Waals surface area contributed by atoms with E-state index in [1.54, 1.807) is 5.57 Å². The third kappa shape index (κ3) is 2.32. The molecule has 1 saturated heterocycles. The lowest BCUT2D eigenvalue weighted by Crippen LogP contribution is -2.46. The topological polar surface area (TPSA) is 15.3 Å². The fourth-order valence-electron chi connectivity index (χ4n) is 2.09. The minimum atomic E-state index is 0.849. The standard InChI is InChI=1S/C11H20N2/c1-10-4-8-13(10)9-5-11-2-6-12-7-3-11/h2,10,12H,3-9H2,1H3. The molecule has 1 unspecified atom stereocenters. The van der Waals surface area contributed by atoms with E-state index in [1.807, 2.05) is 0 Å². The predicted octanol–water partition coefficient (Wildman–Crippen LogP) is 1.39. The Balaban J connectivity index is 1.69. The van der Waals surface area contributed by atoms with E-state index in [2.05, 4.69) is 23.2 Å². The van der Waals surface area contributed by atoms with Crippen molar-refractivity contribution < 1.29 is 0 Å². The first-order chi connectivity index (χ1) is 6.36. The summed E-state index contributed by atoms with van der Waals surface area (Å²) in [6.45, 7) is 7.21. The Morgan fingerprint density at radius 3 is 3.08 bits per heavy atom. The van der Waals surface area contributed by atoms with E-state index in [1.165, 1.54) is 38.9 Å². The minimum absolute atomic E-state index is 0.849. The first kappa shape index (κ1) is 9.22. The molecule has 2 aliphatic rings. The van der Waals surface area contributed by atoms with Crippen molar-refractivity contribution in [2.45, 2.75) is 32.2 Å². The van der Waals surface area contributed by atoms with Gasteiger partial charge in [0, 0.05) is 19.1 Å². The zero-order valence-corrected chi connectivity index (χ0v) is 8.55. The molecule has 2 aliphatic heterocycles. The molecule has 2 nitrogen and oxygen atoms in total. The molecule has 0 spiro atoms. The van der Waals surface area contributed by atoms with Crippen LogP contribution in [0, 0.1) is 0 Å². The SMILES string of the molecule is CC1CCN1CCC1=CCNCC1. The third-order valence-corrected chi connectivity index (χ3v) is 3.34. The molecule has 2 rings (SSSR count). The van der Waals surface area contributed by atoms with Gasteiger partial charge < -0.3 is 10.2 Å². The van der Waals surface area contributed by atoms with E-state index in [0.29, 0.717) is 0 Å². The molecular formula is C11H20N2. The van der Waals surface area contributed by atoms with Crippen molar-refractivity contribution in [2.75, 3.05) is 26.2 Å². The smallest absolute Gasteiger partial charge is 0.0137 e. The van der Waals surface area contributed by atoms with Gasteiger partial charge in [-0.1, -0.05) is 11.6 Å². The number of nitrogens with one attached hydrogen (secondary N) is 1. The van der Waals surface area contributed by atoms with Crippen LogP contribution in [0.2, 0.25) is 0 Å². The molecule has 0 aliphatic carbocycles. The van der Waals surface area contributed by atoms with Crippen LogP contribution in [0.1, 0.15) is 26.2 Å². The highest BCUT2D eigenvalue weighted by Gasteiger charge is 2.22. The van der Waals surface area contributed by atoms with E-state index in [-0.39, 0.29) is 0 Å². The maximum Gasteiger partial charge on any atom is 0.0137 e. The van der Waals surface area contributed by atoms with Crippen LogP contribution in [0.25, 0.3) is 0 Å². The third-order valence-electron chi connectivity index (χ3n) is 3.34. The van der Waals surface area contributed by atoms with Crippen molar-refractivity contribution in [3.63, 3.8) is 0 Å². The molecule has 0 aromatic heterocycles. The van der Waals surface area contributed by atoms with Gasteiger partial charge in [-0.3, -0.25) is 0 Å². The summed E-state index contributed by atoms with van der Waals surface area (Å²) < 4.78 is 0. The Morgan fingerprint density at radius 1 is 1.62 bits per heavy atom. The Hall–Kier alpha value is -0.340. The summed E-state index contributed by atoms with van der Waals surface area (Å²) in [7, 11) is 0. The van der Waals surface area contributed by atoms with Crippen molar-refractivity contribution in [1.29, 1.82) is 0 Å². The maximum absolute atomic E-state index is 3.35. The molecule has 0 aromatic carbocycles. The molecule has 0 amide bonds. The number of hydrogen-bond acceptors (Lipinski definition) is 2. The maximum atomic E-state index is 3.35. The summed E-state index contributed by atoms with van der Waals surface area (Å²) in [6.07, 6.45) is 6.34. The van der Waals surface area contributed by atoms with Crippen LogP contribution < -0.4 is 5.32 Å². The van der Waals surface area contributed by atoms with E-state index >= 15 is 0 Å². The van der Waals surface area contributed by atoms with Crippen LogP contribution in [0.4, 0.5) is 0 Å². The van der Waals surface area contributed by atoms with Crippen LogP contribution >= 0.6 is 0 Å². The van der Waals surface area contributed by atoms with E-state index < -0.39 is 0 Å². The molecule has 2 heterocycles. The predicted molar refractivity (Wildman–Crippen MR) is 55.8 cm³/mol. The second-order valence-corrected chi connectivity index (χ2v) is 4.24. The normalized spacial score (nSPS) is 29.6. The average molecular weight is 180 g/mol. The summed E-state index contributed by atoms with van der Waals surface area (Å²) in [4.78, 5) is 2.59. The fraction of sp³-hybridized carbons (Fsp3) is 0.818. The van der Waals surface area contributed by atoms with Crippen molar-refractivity contribution in [2.24, 2.45) is 0 Å². The van der Waals surface area contributed by atoms with Crippen molar-refractivity contribution in [3.8, 4) is 0 Å². The first-order valence-corrected chi connectivity index (χ1v) is 5.49. The monoisotopic (exact) mass is 180 g/mol. The molecule has 74 valence electrons. The molecule has 1 atom stereocenters. The quantitative estimate of drug-likeness (QED) is 0.660. The fourth-order valence-corrected chi connectivity index (χ4v) is 2.09. The molecule has 0 radical (unpaired) electrons. The Labute approximate surface area is 81.0 Å². The van der Waals surface area contributed by atoms with Gasteiger partial charge in [0.1, 0.15) is 0 Å². The molecule has 0 bridgehead atoms. The molecular weight excluding hydrogens is 160 g/mol. The molecule has 13 heavy (non-hydrogen) atoms. The molecule has 0 saturated carbocycles. The zero-order valence-electron chi connectivity index (χ0n) is 8.55. The molecule has 1 fully saturated rings. The van der Waals surface area contributed by atoms with Gasteiger partial charge in [0.15, 0.2) is 0 Å². The van der Waals surface area contributed by atoms with Gasteiger partial charge in [0.2, 0.25) is 0 Å². The van der Waals surface area contributed by atoms with Crippen molar-refractivity contribution in [1.82, 2.24) is 10.2 Å². The van der Waals surface area contributed by atoms with Crippen LogP contribution in [-0.2, 0) is 0 Å². The number of nitrogens with zero attached hydrogens (tertiary/aromatic N) is 1. The van der Waals surface area contributed by atoms with Gasteiger partial charge in [-0.25, -0.2) is 0 Å². The zero-order chi connectivity index (χ0) is 9.10. The van der Waals surface area contributed by atoms with Crippen molar-refractivity contribution >= 4 is 0 Å². The summed E-state index contributed by atoms with van der Waals surface area (Å²) in [5, 5.41) is 3.35. The Bertz CT molecular complexity index is 198. The number of rotatable bonds is 3. The summed E-state index contributed by atoms with van der Waals surface area (Å²) in [5.74, 6) is 0. The van der Waals surface area contributed by atoms with Gasteiger partial charge in [-0.05, 0) is 39.3 Å². The van der Waals surface area contributed by atoms with Crippen LogP contribution in [0.3, 0.4) is 0 Å². The number of likely N-dealkylation sites (tertiary alicyclic amines) is 1. The molecule has 2 heteroatoms. The lowest BCUT2D eigenvalue weighted by Gasteiger charge is -2.39. The average Bonchev–Trinajstić information content (AvgIpc) is 2.17. The van der Waals surface area contributed by atoms with E-state index in [0.717, 1.165) is 12.6 Å². The van der Waals surface area contributed by atoms with Crippen LogP contribution in [0.15, 0.2) is 11.6 Å². The van der Waals surface area contributed by atoms with Crippen LogP contribution in [0.5, 0.6) is 0 Å². The Morgan fingerprint density at radius 2 is 2.54 bits per heavy atom. The van der Waals surface area contributed by atoms with E-state index in [9.17, 15) is 0 Å². The number of hydrogen-bond donors (Lipinski definition) is 1. The second kappa shape index (κ2) is 4.25. The summed E-state index contributed by atoms with van der Waals surface area (Å²) >= 11 is 0. The molecule has 0 aromatic rings. The summed E-state index contributed by atoms with van der Waals surface area (Å²) in [6, 6.07) is 0.849. The highest BCUT2D eigenvalue weighted by atomic mass is 15.2. The van der Waals surface area contributed by atoms with Crippen LogP contribution in [-0.4, -0.2) is 37.1 Å². The van der Waals surface area contributed by atoms with E-state index in [4.69, 9.17) is 0 Å². The van der Waals surface area contributed by atoms with Crippen molar-refractivity contribution in [3.05, 3.63) is 11.6 Å². The highest BCUT2D eigenvalue weighted by Crippen LogP contribution is 2.18. The van der Waals surface area contributed by atoms with Gasteiger partial charge >= 0.3 is 0 Å². The lowest BCUT2D eigenvalue weighted by atomic mass is 10.0. The lowest BCUT2D eigenvalue weighted by molar-refractivity contribution is 0.106. The van der Waals surface area contributed by atoms with Gasteiger partial charge in [-0.2, -0.15) is 0 Å². The highest BCUT2D eigenvalue weighted by molar-refractivity contribution is 5.07. The van der Waals surface area contributed by atoms with Gasteiger partial charge in [0.05, 0.1) is 0 Å². The molecule has 1 N–H and O–H groups in total. The minimum Gasteiger partial charge on any atom is -0.313 e. The first-order valence-electron chi connectivity index (χ1n) is 5.49.